The second-order valence-electron chi connectivity index (χ2n) is 6.60. The van der Waals surface area contributed by atoms with Gasteiger partial charge in [-0.05, 0) is 32.9 Å². The van der Waals surface area contributed by atoms with Crippen LogP contribution in [0.4, 0.5) is 0 Å². The Morgan fingerprint density at radius 1 is 1.43 bits per heavy atom. The number of ether oxygens (including phenoxy) is 1. The van der Waals surface area contributed by atoms with Crippen LogP contribution in [0.25, 0.3) is 0 Å². The minimum atomic E-state index is -0.125. The van der Waals surface area contributed by atoms with Crippen molar-refractivity contribution in [1.29, 1.82) is 0 Å². The molecule has 1 unspecified atom stereocenters. The molecule has 5 heteroatoms. The molecule has 1 fully saturated rings. The first-order chi connectivity index (χ1) is 9.91. The summed E-state index contributed by atoms with van der Waals surface area (Å²) in [5, 5.41) is 3.24. The lowest BCUT2D eigenvalue weighted by Gasteiger charge is -2.25. The fourth-order valence-corrected chi connectivity index (χ4v) is 3.59. The summed E-state index contributed by atoms with van der Waals surface area (Å²) < 4.78 is 5.14. The molecule has 1 aliphatic rings. The predicted molar refractivity (Wildman–Crippen MR) is 85.6 cm³/mol. The van der Waals surface area contributed by atoms with E-state index in [1.54, 1.807) is 11.3 Å². The van der Waals surface area contributed by atoms with Gasteiger partial charge in [0.2, 0.25) is 0 Å². The standard InChI is InChI=1S/C16H26N2O2S/c1-5-20-14(19)10-13(18-8-6-7-9-18)12-11-21-15(17-12)16(2,3)4/h11,13H,5-10H2,1-4H3. The fraction of sp³-hybridized carbons (Fsp3) is 0.750. The molecule has 21 heavy (non-hydrogen) atoms. The van der Waals surface area contributed by atoms with Crippen molar-refractivity contribution in [1.82, 2.24) is 9.88 Å². The molecule has 0 amide bonds. The number of thiazole rings is 1. The van der Waals surface area contributed by atoms with Crippen LogP contribution in [0.5, 0.6) is 0 Å². The van der Waals surface area contributed by atoms with Gasteiger partial charge < -0.3 is 4.74 Å². The smallest absolute Gasteiger partial charge is 0.307 e. The van der Waals surface area contributed by atoms with Crippen LogP contribution in [-0.2, 0) is 14.9 Å². The van der Waals surface area contributed by atoms with Gasteiger partial charge in [0.15, 0.2) is 0 Å². The predicted octanol–water partition coefficient (Wildman–Crippen LogP) is 3.53. The Kier molecular flexibility index (Phi) is 5.38. The molecule has 1 atom stereocenters. The first-order valence-corrected chi connectivity index (χ1v) is 8.65. The van der Waals surface area contributed by atoms with Gasteiger partial charge in [-0.1, -0.05) is 20.8 Å². The Balaban J connectivity index is 2.18. The van der Waals surface area contributed by atoms with Crippen LogP contribution < -0.4 is 0 Å². The van der Waals surface area contributed by atoms with Gasteiger partial charge in [-0.25, -0.2) is 4.98 Å². The maximum absolute atomic E-state index is 11.9. The summed E-state index contributed by atoms with van der Waals surface area (Å²) in [5.41, 5.74) is 1.09. The van der Waals surface area contributed by atoms with Crippen molar-refractivity contribution >= 4 is 17.3 Å². The van der Waals surface area contributed by atoms with Gasteiger partial charge in [0, 0.05) is 10.8 Å². The highest BCUT2D eigenvalue weighted by Gasteiger charge is 2.29. The molecule has 4 nitrogen and oxygen atoms in total. The van der Waals surface area contributed by atoms with Crippen molar-refractivity contribution in [2.45, 2.75) is 58.4 Å². The summed E-state index contributed by atoms with van der Waals surface area (Å²) in [6.07, 6.45) is 2.81. The second kappa shape index (κ2) is 6.88. The van der Waals surface area contributed by atoms with E-state index < -0.39 is 0 Å². The number of carbonyl (C=O) groups is 1. The molecule has 0 saturated carbocycles. The van der Waals surface area contributed by atoms with Crippen LogP contribution in [0.3, 0.4) is 0 Å². The summed E-state index contributed by atoms with van der Waals surface area (Å²) in [5.74, 6) is -0.125. The molecular weight excluding hydrogens is 284 g/mol. The number of rotatable bonds is 5. The highest BCUT2D eigenvalue weighted by molar-refractivity contribution is 7.09. The van der Waals surface area contributed by atoms with E-state index in [0.29, 0.717) is 13.0 Å². The maximum Gasteiger partial charge on any atom is 0.307 e. The van der Waals surface area contributed by atoms with Gasteiger partial charge in [0.1, 0.15) is 0 Å². The first-order valence-electron chi connectivity index (χ1n) is 7.77. The fourth-order valence-electron chi connectivity index (χ4n) is 2.64. The third-order valence-electron chi connectivity index (χ3n) is 3.75. The lowest BCUT2D eigenvalue weighted by Crippen LogP contribution is -2.28. The van der Waals surface area contributed by atoms with Gasteiger partial charge in [-0.15, -0.1) is 11.3 Å². The number of hydrogen-bond donors (Lipinski definition) is 0. The molecule has 0 radical (unpaired) electrons. The van der Waals surface area contributed by atoms with Crippen LogP contribution in [-0.4, -0.2) is 35.5 Å². The van der Waals surface area contributed by atoms with E-state index in [0.717, 1.165) is 23.8 Å². The molecule has 2 rings (SSSR count). The Hall–Kier alpha value is -0.940. The molecule has 0 aliphatic carbocycles. The van der Waals surface area contributed by atoms with E-state index in [1.165, 1.54) is 12.8 Å². The van der Waals surface area contributed by atoms with E-state index >= 15 is 0 Å². The summed E-state index contributed by atoms with van der Waals surface area (Å²) in [6, 6.07) is 0.0684. The van der Waals surface area contributed by atoms with Crippen molar-refractivity contribution in [3.63, 3.8) is 0 Å². The largest absolute Gasteiger partial charge is 0.466 e. The molecule has 0 spiro atoms. The zero-order valence-corrected chi connectivity index (χ0v) is 14.3. The monoisotopic (exact) mass is 310 g/mol. The molecule has 2 heterocycles. The minimum Gasteiger partial charge on any atom is -0.466 e. The Labute approximate surface area is 131 Å². The van der Waals surface area contributed by atoms with Crippen LogP contribution in [0, 0.1) is 0 Å². The molecule has 118 valence electrons. The second-order valence-corrected chi connectivity index (χ2v) is 7.45. The third kappa shape index (κ3) is 4.27. The normalized spacial score (nSPS) is 17.9. The summed E-state index contributed by atoms with van der Waals surface area (Å²) in [4.78, 5) is 19.1. The molecule has 0 aromatic carbocycles. The van der Waals surface area contributed by atoms with E-state index in [-0.39, 0.29) is 17.4 Å². The molecule has 1 aliphatic heterocycles. The highest BCUT2D eigenvalue weighted by Crippen LogP contribution is 2.33. The zero-order valence-electron chi connectivity index (χ0n) is 13.5. The van der Waals surface area contributed by atoms with Crippen LogP contribution in [0.1, 0.15) is 63.7 Å². The van der Waals surface area contributed by atoms with E-state index in [2.05, 4.69) is 31.1 Å². The summed E-state index contributed by atoms with van der Waals surface area (Å²) in [7, 11) is 0. The van der Waals surface area contributed by atoms with Gasteiger partial charge in [-0.3, -0.25) is 9.69 Å². The van der Waals surface area contributed by atoms with Crippen molar-refractivity contribution < 1.29 is 9.53 Å². The Morgan fingerprint density at radius 3 is 2.62 bits per heavy atom. The number of hydrogen-bond acceptors (Lipinski definition) is 5. The van der Waals surface area contributed by atoms with Crippen molar-refractivity contribution in [3.05, 3.63) is 16.1 Å². The quantitative estimate of drug-likeness (QED) is 0.780. The van der Waals surface area contributed by atoms with Gasteiger partial charge in [-0.2, -0.15) is 0 Å². The molecule has 1 saturated heterocycles. The van der Waals surface area contributed by atoms with Crippen molar-refractivity contribution in [2.75, 3.05) is 19.7 Å². The van der Waals surface area contributed by atoms with Gasteiger partial charge in [0.25, 0.3) is 0 Å². The topological polar surface area (TPSA) is 42.4 Å². The molecule has 1 aromatic heterocycles. The van der Waals surface area contributed by atoms with Crippen LogP contribution in [0.2, 0.25) is 0 Å². The van der Waals surface area contributed by atoms with Crippen molar-refractivity contribution in [3.8, 4) is 0 Å². The first kappa shape index (κ1) is 16.4. The average Bonchev–Trinajstić information content (AvgIpc) is 3.07. The summed E-state index contributed by atoms with van der Waals surface area (Å²) in [6.45, 7) is 10.9. The third-order valence-corrected chi connectivity index (χ3v) is 5.04. The van der Waals surface area contributed by atoms with Crippen LogP contribution >= 0.6 is 11.3 Å². The number of esters is 1. The molecular formula is C16H26N2O2S. The number of likely N-dealkylation sites (tertiary alicyclic amines) is 1. The van der Waals surface area contributed by atoms with Gasteiger partial charge >= 0.3 is 5.97 Å². The zero-order chi connectivity index (χ0) is 15.5. The highest BCUT2D eigenvalue weighted by atomic mass is 32.1. The number of carbonyl (C=O) groups excluding carboxylic acids is 1. The van der Waals surface area contributed by atoms with Crippen LogP contribution in [0.15, 0.2) is 5.38 Å². The van der Waals surface area contributed by atoms with E-state index in [9.17, 15) is 4.79 Å². The number of aromatic nitrogens is 1. The molecule has 0 bridgehead atoms. The Morgan fingerprint density at radius 2 is 2.10 bits per heavy atom. The average molecular weight is 310 g/mol. The maximum atomic E-state index is 11.9. The van der Waals surface area contributed by atoms with E-state index in [1.807, 2.05) is 6.92 Å². The SMILES string of the molecule is CCOC(=O)CC(c1csc(C(C)(C)C)n1)N1CCCC1. The Bertz CT molecular complexity index is 473. The summed E-state index contributed by atoms with van der Waals surface area (Å²) >= 11 is 1.69. The molecule has 1 aromatic rings. The molecule has 0 N–H and O–H groups in total. The number of nitrogens with zero attached hydrogens (tertiary/aromatic N) is 2. The minimum absolute atomic E-state index is 0.0579. The van der Waals surface area contributed by atoms with Crippen molar-refractivity contribution in [2.24, 2.45) is 0 Å². The van der Waals surface area contributed by atoms with Gasteiger partial charge in [0.05, 0.1) is 29.8 Å². The lowest BCUT2D eigenvalue weighted by molar-refractivity contribution is -0.144. The lowest BCUT2D eigenvalue weighted by atomic mass is 9.98. The van der Waals surface area contributed by atoms with E-state index in [4.69, 9.17) is 9.72 Å².